The summed E-state index contributed by atoms with van der Waals surface area (Å²) in [6.07, 6.45) is 2.38. The maximum absolute atomic E-state index is 10.7. The van der Waals surface area contributed by atoms with Gasteiger partial charge in [-0.1, -0.05) is 0 Å². The van der Waals surface area contributed by atoms with E-state index in [1.165, 1.54) is 6.33 Å². The second-order valence-electron chi connectivity index (χ2n) is 4.38. The van der Waals surface area contributed by atoms with Gasteiger partial charge in [0.1, 0.15) is 24.5 Å². The monoisotopic (exact) mass is 260 g/mol. The minimum Gasteiger partial charge on any atom is -0.353 e. The molecule has 100 valence electrons. The van der Waals surface area contributed by atoms with Crippen LogP contribution in [0.2, 0.25) is 0 Å². The van der Waals surface area contributed by atoms with Gasteiger partial charge in [0.05, 0.1) is 6.07 Å². The van der Waals surface area contributed by atoms with Gasteiger partial charge in [-0.25, -0.2) is 9.97 Å². The van der Waals surface area contributed by atoms with E-state index in [1.54, 1.807) is 9.80 Å². The zero-order valence-electron chi connectivity index (χ0n) is 10.9. The SMILES string of the molecule is CN(CC#N)c1cc(N2CCN(C=O)CC2)ncn1. The number of hydrogen-bond acceptors (Lipinski definition) is 6. The first-order chi connectivity index (χ1) is 9.24. The molecule has 1 amide bonds. The van der Waals surface area contributed by atoms with Crippen LogP contribution in [-0.4, -0.2) is 61.0 Å². The third-order valence-electron chi connectivity index (χ3n) is 3.12. The number of nitrogens with zero attached hydrogens (tertiary/aromatic N) is 6. The molecule has 2 heterocycles. The van der Waals surface area contributed by atoms with Crippen molar-refractivity contribution in [3.8, 4) is 6.07 Å². The highest BCUT2D eigenvalue weighted by Crippen LogP contribution is 2.17. The smallest absolute Gasteiger partial charge is 0.209 e. The molecule has 0 saturated carbocycles. The van der Waals surface area contributed by atoms with Gasteiger partial charge in [-0.2, -0.15) is 5.26 Å². The van der Waals surface area contributed by atoms with Gasteiger partial charge in [0.25, 0.3) is 0 Å². The Kier molecular flexibility index (Phi) is 4.13. The summed E-state index contributed by atoms with van der Waals surface area (Å²) >= 11 is 0. The number of carbonyl (C=O) groups excluding carboxylic acids is 1. The van der Waals surface area contributed by atoms with Crippen LogP contribution >= 0.6 is 0 Å². The van der Waals surface area contributed by atoms with Crippen LogP contribution in [0, 0.1) is 11.3 Å². The molecule has 1 aliphatic rings. The van der Waals surface area contributed by atoms with E-state index in [2.05, 4.69) is 20.9 Å². The summed E-state index contributed by atoms with van der Waals surface area (Å²) in [4.78, 5) is 24.7. The maximum atomic E-state index is 10.7. The quantitative estimate of drug-likeness (QED) is 0.547. The van der Waals surface area contributed by atoms with E-state index in [9.17, 15) is 4.79 Å². The van der Waals surface area contributed by atoms with E-state index in [-0.39, 0.29) is 6.54 Å². The zero-order chi connectivity index (χ0) is 13.7. The number of rotatable bonds is 4. The third kappa shape index (κ3) is 3.10. The first kappa shape index (κ1) is 13.1. The predicted octanol–water partition coefficient (Wildman–Crippen LogP) is -0.285. The minimum absolute atomic E-state index is 0.287. The molecule has 1 saturated heterocycles. The molecular formula is C12H16N6O. The molecule has 1 aliphatic heterocycles. The second kappa shape index (κ2) is 6.00. The van der Waals surface area contributed by atoms with Gasteiger partial charge in [0.2, 0.25) is 6.41 Å². The number of piperazine rings is 1. The fourth-order valence-electron chi connectivity index (χ4n) is 1.96. The number of carbonyl (C=O) groups is 1. The van der Waals surface area contributed by atoms with Crippen LogP contribution in [0.5, 0.6) is 0 Å². The molecule has 0 bridgehead atoms. The molecule has 7 heteroatoms. The Hall–Kier alpha value is -2.36. The predicted molar refractivity (Wildman–Crippen MR) is 70.8 cm³/mol. The molecule has 0 aliphatic carbocycles. The van der Waals surface area contributed by atoms with Crippen molar-refractivity contribution in [2.24, 2.45) is 0 Å². The van der Waals surface area contributed by atoms with Gasteiger partial charge >= 0.3 is 0 Å². The number of amides is 1. The minimum atomic E-state index is 0.287. The first-order valence-electron chi connectivity index (χ1n) is 6.09. The Balaban J connectivity index is 2.07. The van der Waals surface area contributed by atoms with Crippen LogP contribution in [0.4, 0.5) is 11.6 Å². The summed E-state index contributed by atoms with van der Waals surface area (Å²) in [5.41, 5.74) is 0. The standard InChI is InChI=1S/C12H16N6O/c1-16(3-2-13)11-8-12(15-9-14-11)18-6-4-17(10-19)5-7-18/h8-10H,3-7H2,1H3. The Bertz CT molecular complexity index is 477. The summed E-state index contributed by atoms with van der Waals surface area (Å²) < 4.78 is 0. The number of aromatic nitrogens is 2. The van der Waals surface area contributed by atoms with Crippen LogP contribution in [0.25, 0.3) is 0 Å². The topological polar surface area (TPSA) is 76.4 Å². The molecular weight excluding hydrogens is 244 g/mol. The largest absolute Gasteiger partial charge is 0.353 e. The van der Waals surface area contributed by atoms with Crippen molar-refractivity contribution >= 4 is 18.0 Å². The first-order valence-corrected chi connectivity index (χ1v) is 6.09. The molecule has 0 unspecified atom stereocenters. The van der Waals surface area contributed by atoms with Crippen molar-refractivity contribution in [1.82, 2.24) is 14.9 Å². The molecule has 0 radical (unpaired) electrons. The number of anilines is 2. The third-order valence-corrected chi connectivity index (χ3v) is 3.12. The summed E-state index contributed by atoms with van der Waals surface area (Å²) in [7, 11) is 1.82. The van der Waals surface area contributed by atoms with Crippen molar-refractivity contribution < 1.29 is 4.79 Å². The molecule has 0 atom stereocenters. The molecule has 1 fully saturated rings. The summed E-state index contributed by atoms with van der Waals surface area (Å²) in [6.45, 7) is 3.22. The van der Waals surface area contributed by atoms with E-state index in [0.29, 0.717) is 13.1 Å². The molecule has 0 N–H and O–H groups in total. The van der Waals surface area contributed by atoms with Crippen molar-refractivity contribution in [2.45, 2.75) is 0 Å². The Morgan fingerprint density at radius 3 is 2.79 bits per heavy atom. The maximum Gasteiger partial charge on any atom is 0.209 e. The fraction of sp³-hybridized carbons (Fsp3) is 0.500. The van der Waals surface area contributed by atoms with Gasteiger partial charge in [0.15, 0.2) is 0 Å². The van der Waals surface area contributed by atoms with Crippen LogP contribution in [0.1, 0.15) is 0 Å². The van der Waals surface area contributed by atoms with Gasteiger partial charge < -0.3 is 14.7 Å². The molecule has 1 aromatic heterocycles. The van der Waals surface area contributed by atoms with E-state index in [0.717, 1.165) is 31.1 Å². The zero-order valence-corrected chi connectivity index (χ0v) is 10.9. The van der Waals surface area contributed by atoms with Gasteiger partial charge in [-0.05, 0) is 0 Å². The normalized spacial score (nSPS) is 14.9. The molecule has 0 spiro atoms. The lowest BCUT2D eigenvalue weighted by Crippen LogP contribution is -2.46. The highest BCUT2D eigenvalue weighted by Gasteiger charge is 2.17. The average Bonchev–Trinajstić information content (AvgIpc) is 2.48. The summed E-state index contributed by atoms with van der Waals surface area (Å²) in [5.74, 6) is 1.56. The van der Waals surface area contributed by atoms with E-state index < -0.39 is 0 Å². The average molecular weight is 260 g/mol. The van der Waals surface area contributed by atoms with E-state index in [1.807, 2.05) is 13.1 Å². The summed E-state index contributed by atoms with van der Waals surface area (Å²) in [5, 5.41) is 8.69. The van der Waals surface area contributed by atoms with Crippen LogP contribution in [0.3, 0.4) is 0 Å². The highest BCUT2D eigenvalue weighted by molar-refractivity contribution is 5.52. The van der Waals surface area contributed by atoms with Crippen molar-refractivity contribution in [3.05, 3.63) is 12.4 Å². The van der Waals surface area contributed by atoms with Crippen LogP contribution in [0.15, 0.2) is 12.4 Å². The van der Waals surface area contributed by atoms with Gasteiger partial charge in [-0.15, -0.1) is 0 Å². The van der Waals surface area contributed by atoms with Gasteiger partial charge in [-0.3, -0.25) is 4.79 Å². The van der Waals surface area contributed by atoms with Crippen molar-refractivity contribution in [3.63, 3.8) is 0 Å². The Morgan fingerprint density at radius 2 is 2.16 bits per heavy atom. The fourth-order valence-corrected chi connectivity index (χ4v) is 1.96. The number of hydrogen-bond donors (Lipinski definition) is 0. The Labute approximate surface area is 112 Å². The van der Waals surface area contributed by atoms with Gasteiger partial charge in [0, 0.05) is 39.3 Å². The highest BCUT2D eigenvalue weighted by atomic mass is 16.1. The van der Waals surface area contributed by atoms with E-state index in [4.69, 9.17) is 5.26 Å². The lowest BCUT2D eigenvalue weighted by Gasteiger charge is -2.33. The van der Waals surface area contributed by atoms with Crippen molar-refractivity contribution in [1.29, 1.82) is 5.26 Å². The van der Waals surface area contributed by atoms with Crippen LogP contribution in [-0.2, 0) is 4.79 Å². The molecule has 2 rings (SSSR count). The lowest BCUT2D eigenvalue weighted by molar-refractivity contribution is -0.118. The van der Waals surface area contributed by atoms with Crippen molar-refractivity contribution in [2.75, 3.05) is 49.6 Å². The Morgan fingerprint density at radius 1 is 1.42 bits per heavy atom. The molecule has 7 nitrogen and oxygen atoms in total. The summed E-state index contributed by atoms with van der Waals surface area (Å²) in [6, 6.07) is 3.95. The molecule has 0 aromatic carbocycles. The molecule has 19 heavy (non-hydrogen) atoms. The number of nitriles is 1. The second-order valence-corrected chi connectivity index (χ2v) is 4.38. The van der Waals surface area contributed by atoms with Crippen LogP contribution < -0.4 is 9.80 Å². The van der Waals surface area contributed by atoms with E-state index >= 15 is 0 Å². The lowest BCUT2D eigenvalue weighted by atomic mass is 10.3. The molecule has 1 aromatic rings.